The highest BCUT2D eigenvalue weighted by molar-refractivity contribution is 5.92. The molecule has 5 heteroatoms. The number of hydrogen-bond donors (Lipinski definition) is 1. The molecular formula is C35H61N2O3+. The van der Waals surface area contributed by atoms with Gasteiger partial charge in [0.2, 0.25) is 5.91 Å². The highest BCUT2D eigenvalue weighted by atomic mass is 16.6. The summed E-state index contributed by atoms with van der Waals surface area (Å²) in [5, 5.41) is 2.91. The van der Waals surface area contributed by atoms with Gasteiger partial charge in [-0.1, -0.05) is 114 Å². The molecule has 40 heavy (non-hydrogen) atoms. The zero-order chi connectivity index (χ0) is 29.9. The van der Waals surface area contributed by atoms with Crippen molar-refractivity contribution in [1.29, 1.82) is 0 Å². The van der Waals surface area contributed by atoms with Crippen LogP contribution in [0.2, 0.25) is 0 Å². The molecule has 1 rings (SSSR count). The second kappa shape index (κ2) is 19.9. The lowest BCUT2D eigenvalue weighted by Crippen LogP contribution is -2.46. The van der Waals surface area contributed by atoms with Gasteiger partial charge in [-0.25, -0.2) is 4.79 Å². The van der Waals surface area contributed by atoms with Crippen LogP contribution in [0.1, 0.15) is 130 Å². The zero-order valence-corrected chi connectivity index (χ0v) is 27.0. The molecule has 0 unspecified atom stereocenters. The lowest BCUT2D eigenvalue weighted by Gasteiger charge is -2.30. The van der Waals surface area contributed by atoms with E-state index in [9.17, 15) is 9.59 Å². The average Bonchev–Trinajstić information content (AvgIpc) is 2.88. The maximum Gasteiger partial charge on any atom is 0.329 e. The molecule has 0 aliphatic heterocycles. The number of carbonyl (C=O) groups is 2. The van der Waals surface area contributed by atoms with Crippen molar-refractivity contribution in [2.45, 2.75) is 143 Å². The van der Waals surface area contributed by atoms with Crippen LogP contribution in [0.25, 0.3) is 0 Å². The van der Waals surface area contributed by atoms with E-state index in [4.69, 9.17) is 4.74 Å². The predicted molar refractivity (Wildman–Crippen MR) is 169 cm³/mol. The number of esters is 1. The van der Waals surface area contributed by atoms with Crippen LogP contribution in [0.5, 0.6) is 0 Å². The Bertz CT molecular complexity index is 855. The molecule has 0 fully saturated rings. The van der Waals surface area contributed by atoms with Gasteiger partial charge in [-0.2, -0.15) is 0 Å². The van der Waals surface area contributed by atoms with Crippen LogP contribution < -0.4 is 5.32 Å². The van der Waals surface area contributed by atoms with Crippen molar-refractivity contribution in [1.82, 2.24) is 5.32 Å². The maximum absolute atomic E-state index is 13.0. The van der Waals surface area contributed by atoms with E-state index in [1.54, 1.807) is 6.08 Å². The fourth-order valence-corrected chi connectivity index (χ4v) is 4.87. The van der Waals surface area contributed by atoms with Crippen LogP contribution in [0.4, 0.5) is 0 Å². The largest absolute Gasteiger partial charge is 0.458 e. The molecule has 5 nitrogen and oxygen atoms in total. The summed E-state index contributed by atoms with van der Waals surface area (Å²) in [6, 6.07) is 8.99. The van der Waals surface area contributed by atoms with Crippen LogP contribution >= 0.6 is 0 Å². The standard InChI is InChI=1S/C35H60N2O3/c1-8-9-10-11-12-13-14-15-16-17-18-19-20-24-27-37(6,7)30(2)28-33(38)36-32(34(39)40-35(3,4)5)29-31-25-22-21-23-26-31/h21-23,25-26,28,32H,8-20,24,27,29H2,1-7H3/p+1/b30-28+/t32-/m0/s1. The van der Waals surface area contributed by atoms with Crippen molar-refractivity contribution in [2.24, 2.45) is 0 Å². The van der Waals surface area contributed by atoms with Gasteiger partial charge in [0.05, 0.1) is 26.7 Å². The fourth-order valence-electron chi connectivity index (χ4n) is 4.87. The van der Waals surface area contributed by atoms with E-state index < -0.39 is 17.6 Å². The number of amides is 1. The smallest absolute Gasteiger partial charge is 0.329 e. The number of quaternary nitrogens is 1. The minimum atomic E-state index is -0.736. The van der Waals surface area contributed by atoms with Crippen molar-refractivity contribution in [3.05, 3.63) is 47.7 Å². The van der Waals surface area contributed by atoms with Gasteiger partial charge in [-0.05, 0) is 39.2 Å². The van der Waals surface area contributed by atoms with E-state index in [0.717, 1.165) is 24.2 Å². The molecule has 0 heterocycles. The lowest BCUT2D eigenvalue weighted by atomic mass is 10.0. The van der Waals surface area contributed by atoms with Gasteiger partial charge in [-0.15, -0.1) is 0 Å². The van der Waals surface area contributed by atoms with Crippen LogP contribution in [-0.4, -0.2) is 48.6 Å². The first-order valence-electron chi connectivity index (χ1n) is 16.0. The van der Waals surface area contributed by atoms with Gasteiger partial charge in [0.15, 0.2) is 0 Å². The van der Waals surface area contributed by atoms with E-state index in [1.165, 1.54) is 83.5 Å². The predicted octanol–water partition coefficient (Wildman–Crippen LogP) is 8.52. The van der Waals surface area contributed by atoms with Gasteiger partial charge >= 0.3 is 5.97 Å². The number of hydrogen-bond acceptors (Lipinski definition) is 3. The normalized spacial score (nSPS) is 13.2. The van der Waals surface area contributed by atoms with Crippen molar-refractivity contribution >= 4 is 11.9 Å². The molecule has 0 radical (unpaired) electrons. The maximum atomic E-state index is 13.0. The number of ether oxygens (including phenoxy) is 1. The first-order valence-corrected chi connectivity index (χ1v) is 16.0. The fraction of sp³-hybridized carbons (Fsp3) is 0.714. The van der Waals surface area contributed by atoms with Crippen LogP contribution in [0, 0.1) is 0 Å². The Hall–Kier alpha value is -2.14. The Kier molecular flexibility index (Phi) is 17.8. The Morgan fingerprint density at radius 1 is 0.825 bits per heavy atom. The molecular weight excluding hydrogens is 496 g/mol. The van der Waals surface area contributed by atoms with E-state index >= 15 is 0 Å². The first kappa shape index (κ1) is 35.9. The molecule has 1 N–H and O–H groups in total. The summed E-state index contributed by atoms with van der Waals surface area (Å²) in [4.78, 5) is 25.8. The van der Waals surface area contributed by atoms with Gasteiger partial charge < -0.3 is 10.1 Å². The van der Waals surface area contributed by atoms with Crippen molar-refractivity contribution in [2.75, 3.05) is 20.6 Å². The number of nitrogens with one attached hydrogen (secondary N) is 1. The SMILES string of the molecule is CCCCCCCCCCCCCCCC[N+](C)(C)/C(C)=C/C(=O)N[C@@H](Cc1ccccc1)C(=O)OC(C)(C)C. The molecule has 0 aliphatic rings. The third-order valence-corrected chi connectivity index (χ3v) is 7.66. The number of rotatable bonds is 21. The highest BCUT2D eigenvalue weighted by Gasteiger charge is 2.27. The Balaban J connectivity index is 2.40. The molecule has 1 atom stereocenters. The van der Waals surface area contributed by atoms with Crippen molar-refractivity contribution in [3.8, 4) is 0 Å². The van der Waals surface area contributed by atoms with Crippen molar-refractivity contribution < 1.29 is 18.8 Å². The van der Waals surface area contributed by atoms with Crippen molar-refractivity contribution in [3.63, 3.8) is 0 Å². The number of unbranched alkanes of at least 4 members (excludes halogenated alkanes) is 13. The topological polar surface area (TPSA) is 55.4 Å². The third-order valence-electron chi connectivity index (χ3n) is 7.66. The minimum absolute atomic E-state index is 0.253. The molecule has 1 amide bonds. The molecule has 228 valence electrons. The monoisotopic (exact) mass is 557 g/mol. The third kappa shape index (κ3) is 17.5. The summed E-state index contributed by atoms with van der Waals surface area (Å²) >= 11 is 0. The molecule has 0 saturated heterocycles. The number of carbonyl (C=O) groups excluding carboxylic acids is 2. The molecule has 0 saturated carbocycles. The quantitative estimate of drug-likeness (QED) is 0.0713. The summed E-state index contributed by atoms with van der Waals surface area (Å²) in [6.07, 6.45) is 21.0. The minimum Gasteiger partial charge on any atom is -0.458 e. The van der Waals surface area contributed by atoms with Crippen LogP contribution in [0.3, 0.4) is 0 Å². The van der Waals surface area contributed by atoms with Gasteiger partial charge in [0.25, 0.3) is 0 Å². The summed E-state index contributed by atoms with van der Waals surface area (Å²) in [7, 11) is 4.30. The van der Waals surface area contributed by atoms with Gasteiger partial charge in [0.1, 0.15) is 17.3 Å². The van der Waals surface area contributed by atoms with Crippen LogP contribution in [-0.2, 0) is 20.7 Å². The molecule has 0 aromatic heterocycles. The summed E-state index contributed by atoms with van der Waals surface area (Å²) in [5.74, 6) is -0.664. The second-order valence-electron chi connectivity index (χ2n) is 13.1. The molecule has 0 spiro atoms. The Labute approximate surface area is 246 Å². The van der Waals surface area contributed by atoms with Crippen LogP contribution in [0.15, 0.2) is 42.1 Å². The Morgan fingerprint density at radius 2 is 1.30 bits per heavy atom. The van der Waals surface area contributed by atoms with E-state index in [1.807, 2.05) is 58.0 Å². The first-order chi connectivity index (χ1) is 18.9. The summed E-state index contributed by atoms with van der Waals surface area (Å²) in [6.45, 7) is 10.8. The lowest BCUT2D eigenvalue weighted by molar-refractivity contribution is -0.852. The second-order valence-corrected chi connectivity index (χ2v) is 13.1. The number of allylic oxidation sites excluding steroid dienone is 1. The number of benzene rings is 1. The highest BCUT2D eigenvalue weighted by Crippen LogP contribution is 2.17. The molecule has 0 bridgehead atoms. The van der Waals surface area contributed by atoms with E-state index in [0.29, 0.717) is 10.9 Å². The zero-order valence-electron chi connectivity index (χ0n) is 27.0. The average molecular weight is 558 g/mol. The molecule has 0 aliphatic carbocycles. The Morgan fingerprint density at radius 3 is 1.77 bits per heavy atom. The number of nitrogens with zero attached hydrogens (tertiary/aromatic N) is 1. The van der Waals surface area contributed by atoms with Gasteiger partial charge in [0, 0.05) is 13.3 Å². The summed E-state index contributed by atoms with van der Waals surface area (Å²) < 4.78 is 6.27. The summed E-state index contributed by atoms with van der Waals surface area (Å²) in [5.41, 5.74) is 1.35. The van der Waals surface area contributed by atoms with E-state index in [-0.39, 0.29) is 5.91 Å². The molecule has 1 aromatic rings. The van der Waals surface area contributed by atoms with E-state index in [2.05, 4.69) is 26.3 Å². The molecule has 1 aromatic carbocycles. The van der Waals surface area contributed by atoms with Gasteiger partial charge in [-0.3, -0.25) is 9.28 Å².